The van der Waals surface area contributed by atoms with Gasteiger partial charge < -0.3 is 9.30 Å². The molecular weight excluding hydrogens is 749 g/mol. The Morgan fingerprint density at radius 3 is 1.73 bits per heavy atom. The van der Waals surface area contributed by atoms with Crippen LogP contribution < -0.4 is 4.90 Å². The van der Waals surface area contributed by atoms with E-state index in [0.717, 1.165) is 11.4 Å². The summed E-state index contributed by atoms with van der Waals surface area (Å²) >= 11 is 0. The monoisotopic (exact) mass is 792 g/mol. The number of rotatable bonds is 5. The highest BCUT2D eigenvalue weighted by Crippen LogP contribution is 2.56. The van der Waals surface area contributed by atoms with Gasteiger partial charge in [0.15, 0.2) is 0 Å². The van der Waals surface area contributed by atoms with E-state index in [2.05, 4.69) is 231 Å². The van der Waals surface area contributed by atoms with E-state index in [0.29, 0.717) is 0 Å². The van der Waals surface area contributed by atoms with Crippen LogP contribution in [-0.4, -0.2) is 4.40 Å². The smallest absolute Gasteiger partial charge is 0.0620 e. The Bertz CT molecular complexity index is 3620. The Balaban J connectivity index is 0.974. The quantitative estimate of drug-likeness (QED) is 0.168. The van der Waals surface area contributed by atoms with Crippen molar-refractivity contribution in [2.45, 2.75) is 38.5 Å². The zero-order chi connectivity index (χ0) is 41.5. The van der Waals surface area contributed by atoms with E-state index in [1.807, 2.05) is 0 Å². The molecule has 2 nitrogen and oxygen atoms in total. The summed E-state index contributed by atoms with van der Waals surface area (Å²) in [6.07, 6.45) is 0. The van der Waals surface area contributed by atoms with Crippen LogP contribution in [0.2, 0.25) is 0 Å². The van der Waals surface area contributed by atoms with Crippen molar-refractivity contribution >= 4 is 55.2 Å². The molecule has 0 atom stereocenters. The first-order chi connectivity index (χ1) is 30.3. The number of fused-ring (bicyclic) bond motifs is 12. The molecule has 0 fully saturated rings. The van der Waals surface area contributed by atoms with Crippen LogP contribution in [0.3, 0.4) is 0 Å². The van der Waals surface area contributed by atoms with Gasteiger partial charge in [0.2, 0.25) is 0 Å². The fraction of sp³-hybridized carbons (Fsp3) is 0.100. The van der Waals surface area contributed by atoms with Crippen LogP contribution in [0, 0.1) is 0 Å². The second kappa shape index (κ2) is 12.6. The fourth-order valence-electron chi connectivity index (χ4n) is 11.5. The molecule has 2 aromatic heterocycles. The van der Waals surface area contributed by atoms with Crippen LogP contribution >= 0.6 is 0 Å². The largest absolute Gasteiger partial charge is 0.310 e. The third-order valence-electron chi connectivity index (χ3n) is 14.5. The van der Waals surface area contributed by atoms with Crippen LogP contribution in [0.5, 0.6) is 0 Å². The Labute approximate surface area is 362 Å². The fourth-order valence-corrected chi connectivity index (χ4v) is 11.5. The van der Waals surface area contributed by atoms with Gasteiger partial charge >= 0.3 is 0 Å². The number of nitrogens with zero attached hydrogens (tertiary/aromatic N) is 2. The lowest BCUT2D eigenvalue weighted by atomic mass is 9.81. The highest BCUT2D eigenvalue weighted by Gasteiger charge is 2.39. The molecule has 13 rings (SSSR count). The van der Waals surface area contributed by atoms with Gasteiger partial charge in [0.25, 0.3) is 0 Å². The third kappa shape index (κ3) is 4.70. The van der Waals surface area contributed by atoms with Crippen LogP contribution in [0.4, 0.5) is 17.1 Å². The van der Waals surface area contributed by atoms with E-state index in [9.17, 15) is 0 Å². The molecule has 2 heterocycles. The lowest BCUT2D eigenvalue weighted by Gasteiger charge is -2.30. The van der Waals surface area contributed by atoms with E-state index in [1.165, 1.54) is 111 Å². The predicted molar refractivity (Wildman–Crippen MR) is 262 cm³/mol. The van der Waals surface area contributed by atoms with Crippen molar-refractivity contribution in [3.8, 4) is 44.5 Å². The SMILES string of the molecule is CC1(C)c2cc(-c3cccc4c5cccc6c7ccccc7n(c34)c65)ccc2-c2ccc(N(c3ccc(-c4ccccc4)cc3)c3cccc4c3-c3ccccc3C4(C)C)cc21. The lowest BCUT2D eigenvalue weighted by Crippen LogP contribution is -2.17. The standard InChI is InChI=1S/C60H44N2/c1-59(2)50-23-10-8-18-49(50)56-51(59)24-14-26-55(56)61(40-30-27-38(28-31-40)37-15-6-5-7-16-37)41-32-34-44-43-33-29-39(35-52(43)60(3,4)53(44)36-41)42-19-12-21-47-48-22-13-20-46-45-17-9-11-25-54(45)62(57(42)47)58(46)48/h5-36H,1-4H3. The van der Waals surface area contributed by atoms with E-state index >= 15 is 0 Å². The molecule has 2 aliphatic carbocycles. The van der Waals surface area contributed by atoms with Gasteiger partial charge in [0.05, 0.1) is 22.2 Å². The van der Waals surface area contributed by atoms with Gasteiger partial charge in [-0.15, -0.1) is 0 Å². The Hall–Kier alpha value is -7.42. The summed E-state index contributed by atoms with van der Waals surface area (Å²) in [5, 5.41) is 5.24. The first kappa shape index (κ1) is 35.3. The van der Waals surface area contributed by atoms with Gasteiger partial charge in [-0.25, -0.2) is 0 Å². The maximum atomic E-state index is 2.52. The summed E-state index contributed by atoms with van der Waals surface area (Å²) in [5.74, 6) is 0. The van der Waals surface area contributed by atoms with Crippen molar-refractivity contribution in [1.82, 2.24) is 4.40 Å². The molecule has 0 aliphatic heterocycles. The second-order valence-corrected chi connectivity index (χ2v) is 18.5. The first-order valence-corrected chi connectivity index (χ1v) is 21.9. The van der Waals surface area contributed by atoms with E-state index in [4.69, 9.17) is 0 Å². The number of anilines is 3. The highest BCUT2D eigenvalue weighted by molar-refractivity contribution is 6.25. The zero-order valence-electron chi connectivity index (χ0n) is 35.4. The molecule has 0 saturated heterocycles. The molecular formula is C60H44N2. The summed E-state index contributed by atoms with van der Waals surface area (Å²) in [6, 6.07) is 72.6. The van der Waals surface area contributed by atoms with Gasteiger partial charge in [0, 0.05) is 54.9 Å². The minimum atomic E-state index is -0.235. The molecule has 2 heteroatoms. The topological polar surface area (TPSA) is 7.65 Å². The van der Waals surface area contributed by atoms with Crippen molar-refractivity contribution in [1.29, 1.82) is 0 Å². The summed E-state index contributed by atoms with van der Waals surface area (Å²) in [5.41, 5.74) is 22.7. The van der Waals surface area contributed by atoms with Crippen LogP contribution in [0.25, 0.3) is 82.6 Å². The third-order valence-corrected chi connectivity index (χ3v) is 14.5. The van der Waals surface area contributed by atoms with Crippen molar-refractivity contribution in [2.75, 3.05) is 4.90 Å². The average Bonchev–Trinajstić information content (AvgIpc) is 3.98. The van der Waals surface area contributed by atoms with Gasteiger partial charge in [-0.2, -0.15) is 0 Å². The molecule has 0 unspecified atom stereocenters. The minimum absolute atomic E-state index is 0.105. The maximum Gasteiger partial charge on any atom is 0.0620 e. The first-order valence-electron chi connectivity index (χ1n) is 21.9. The Morgan fingerprint density at radius 1 is 0.355 bits per heavy atom. The number of para-hydroxylation sites is 3. The molecule has 0 saturated carbocycles. The molecule has 9 aromatic carbocycles. The summed E-state index contributed by atoms with van der Waals surface area (Å²) in [4.78, 5) is 2.50. The molecule has 294 valence electrons. The molecule has 0 amide bonds. The number of benzene rings is 9. The van der Waals surface area contributed by atoms with Crippen LogP contribution in [-0.2, 0) is 10.8 Å². The van der Waals surface area contributed by atoms with Crippen LogP contribution in [0.15, 0.2) is 194 Å². The molecule has 62 heavy (non-hydrogen) atoms. The average molecular weight is 793 g/mol. The summed E-state index contributed by atoms with van der Waals surface area (Å²) < 4.78 is 2.52. The minimum Gasteiger partial charge on any atom is -0.310 e. The van der Waals surface area contributed by atoms with E-state index < -0.39 is 0 Å². The number of hydrogen-bond acceptors (Lipinski definition) is 1. The van der Waals surface area contributed by atoms with Crippen molar-refractivity contribution in [3.05, 3.63) is 216 Å². The van der Waals surface area contributed by atoms with Gasteiger partial charge in [-0.05, 0) is 98.1 Å². The van der Waals surface area contributed by atoms with Gasteiger partial charge in [-0.1, -0.05) is 179 Å². The molecule has 11 aromatic rings. The normalized spacial score (nSPS) is 14.4. The van der Waals surface area contributed by atoms with E-state index in [-0.39, 0.29) is 10.8 Å². The van der Waals surface area contributed by atoms with E-state index in [1.54, 1.807) is 0 Å². The molecule has 0 bridgehead atoms. The van der Waals surface area contributed by atoms with Gasteiger partial charge in [-0.3, -0.25) is 0 Å². The summed E-state index contributed by atoms with van der Waals surface area (Å²) in [6.45, 7) is 9.57. The maximum absolute atomic E-state index is 2.52. The highest BCUT2D eigenvalue weighted by atomic mass is 15.1. The lowest BCUT2D eigenvalue weighted by molar-refractivity contribution is 0.660. The Kier molecular flexibility index (Phi) is 7.16. The second-order valence-electron chi connectivity index (χ2n) is 18.5. The molecule has 2 aliphatic rings. The molecule has 0 radical (unpaired) electrons. The van der Waals surface area contributed by atoms with Crippen molar-refractivity contribution < 1.29 is 0 Å². The summed E-state index contributed by atoms with van der Waals surface area (Å²) in [7, 11) is 0. The Morgan fingerprint density at radius 2 is 0.903 bits per heavy atom. The van der Waals surface area contributed by atoms with Crippen molar-refractivity contribution in [2.24, 2.45) is 0 Å². The zero-order valence-corrected chi connectivity index (χ0v) is 35.4. The van der Waals surface area contributed by atoms with Crippen molar-refractivity contribution in [3.63, 3.8) is 0 Å². The molecule has 0 N–H and O–H groups in total. The van der Waals surface area contributed by atoms with Crippen LogP contribution in [0.1, 0.15) is 49.9 Å². The number of hydrogen-bond donors (Lipinski definition) is 0. The number of aromatic nitrogens is 1. The molecule has 0 spiro atoms. The predicted octanol–water partition coefficient (Wildman–Crippen LogP) is 16.3. The van der Waals surface area contributed by atoms with Gasteiger partial charge in [0.1, 0.15) is 0 Å².